The maximum absolute atomic E-state index is 5.64. The summed E-state index contributed by atoms with van der Waals surface area (Å²) in [6.07, 6.45) is 1.48. The molecule has 13 heavy (non-hydrogen) atoms. The molecule has 2 N–H and O–H groups in total. The molecule has 1 rings (SSSR count). The van der Waals surface area contributed by atoms with E-state index in [1.807, 2.05) is 0 Å². The number of hydrogen-bond acceptors (Lipinski definition) is 4. The Morgan fingerprint density at radius 1 is 1.38 bits per heavy atom. The Balaban J connectivity index is 3.05. The monoisotopic (exact) mass is 244 g/mol. The van der Waals surface area contributed by atoms with E-state index in [4.69, 9.17) is 5.73 Å². The molecule has 0 atom stereocenters. The second-order valence-electron chi connectivity index (χ2n) is 2.57. The van der Waals surface area contributed by atoms with Gasteiger partial charge in [0.2, 0.25) is 0 Å². The quantitative estimate of drug-likeness (QED) is 0.879. The van der Waals surface area contributed by atoms with E-state index < -0.39 is 0 Å². The van der Waals surface area contributed by atoms with Gasteiger partial charge >= 0.3 is 0 Å². The van der Waals surface area contributed by atoms with E-state index in [-0.39, 0.29) is 0 Å². The van der Waals surface area contributed by atoms with Gasteiger partial charge < -0.3 is 10.6 Å². The molecule has 0 aromatic carbocycles. The third-order valence-corrected chi connectivity index (χ3v) is 2.62. The maximum atomic E-state index is 5.64. The molecular weight excluding hydrogens is 232 g/mol. The number of hydrogen-bond donors (Lipinski definition) is 1. The average Bonchev–Trinajstić information content (AvgIpc) is 2.14. The summed E-state index contributed by atoms with van der Waals surface area (Å²) in [6, 6.07) is 0. The van der Waals surface area contributed by atoms with Crippen LogP contribution in [0.15, 0.2) is 10.8 Å². The lowest BCUT2D eigenvalue weighted by molar-refractivity contribution is 0.838. The molecule has 0 radical (unpaired) electrons. The summed E-state index contributed by atoms with van der Waals surface area (Å²) >= 11 is 3.37. The van der Waals surface area contributed by atoms with E-state index >= 15 is 0 Å². The van der Waals surface area contributed by atoms with Gasteiger partial charge in [-0.2, -0.15) is 0 Å². The van der Waals surface area contributed by atoms with Crippen LogP contribution in [0.25, 0.3) is 0 Å². The molecule has 1 aromatic rings. The van der Waals surface area contributed by atoms with Crippen LogP contribution in [0.2, 0.25) is 0 Å². The zero-order valence-electron chi connectivity index (χ0n) is 7.79. The van der Waals surface area contributed by atoms with Crippen molar-refractivity contribution in [3.63, 3.8) is 0 Å². The van der Waals surface area contributed by atoms with Crippen molar-refractivity contribution in [2.24, 2.45) is 0 Å². The van der Waals surface area contributed by atoms with E-state index in [0.29, 0.717) is 5.82 Å². The topological polar surface area (TPSA) is 55.0 Å². The van der Waals surface area contributed by atoms with Crippen LogP contribution in [0, 0.1) is 0 Å². The van der Waals surface area contributed by atoms with Crippen molar-refractivity contribution in [1.29, 1.82) is 0 Å². The lowest BCUT2D eigenvalue weighted by Crippen LogP contribution is -2.23. The highest BCUT2D eigenvalue weighted by Crippen LogP contribution is 2.26. The molecule has 0 aliphatic heterocycles. The first-order valence-corrected chi connectivity index (χ1v) is 5.00. The Kier molecular flexibility index (Phi) is 3.48. The Morgan fingerprint density at radius 3 is 2.54 bits per heavy atom. The first-order valence-electron chi connectivity index (χ1n) is 4.21. The summed E-state index contributed by atoms with van der Waals surface area (Å²) in [5, 5.41) is 0. The Hall–Kier alpha value is -0.840. The second kappa shape index (κ2) is 4.41. The fourth-order valence-corrected chi connectivity index (χ4v) is 1.57. The van der Waals surface area contributed by atoms with Gasteiger partial charge in [-0.05, 0) is 29.8 Å². The first-order chi connectivity index (χ1) is 6.20. The highest BCUT2D eigenvalue weighted by atomic mass is 79.9. The second-order valence-corrected chi connectivity index (χ2v) is 3.36. The zero-order chi connectivity index (χ0) is 9.84. The van der Waals surface area contributed by atoms with E-state index in [0.717, 1.165) is 23.4 Å². The Labute approximate surface area is 86.3 Å². The smallest absolute Gasteiger partial charge is 0.148 e. The first kappa shape index (κ1) is 10.2. The molecule has 72 valence electrons. The third kappa shape index (κ3) is 2.09. The number of aromatic nitrogens is 2. The van der Waals surface area contributed by atoms with Crippen LogP contribution in [0.5, 0.6) is 0 Å². The normalized spacial score (nSPS) is 10.1. The third-order valence-electron chi connectivity index (χ3n) is 1.86. The van der Waals surface area contributed by atoms with Crippen LogP contribution < -0.4 is 10.6 Å². The predicted molar refractivity (Wildman–Crippen MR) is 57.7 cm³/mol. The Bertz CT molecular complexity index is 285. The van der Waals surface area contributed by atoms with E-state index in [9.17, 15) is 0 Å². The summed E-state index contributed by atoms with van der Waals surface area (Å²) in [6.45, 7) is 5.97. The van der Waals surface area contributed by atoms with Crippen LogP contribution in [0.3, 0.4) is 0 Å². The maximum Gasteiger partial charge on any atom is 0.148 e. The molecule has 1 heterocycles. The molecular formula is C8H13BrN4. The molecule has 0 aliphatic carbocycles. The summed E-state index contributed by atoms with van der Waals surface area (Å²) in [7, 11) is 0. The molecule has 0 fully saturated rings. The van der Waals surface area contributed by atoms with Gasteiger partial charge in [-0.3, -0.25) is 0 Å². The van der Waals surface area contributed by atoms with Crippen LogP contribution in [-0.4, -0.2) is 23.1 Å². The SMILES string of the molecule is CCN(CC)c1ncnc(N)c1Br. The number of halogens is 1. The van der Waals surface area contributed by atoms with Crippen LogP contribution >= 0.6 is 15.9 Å². The Morgan fingerprint density at radius 2 is 2.00 bits per heavy atom. The number of nitrogen functional groups attached to an aromatic ring is 1. The highest BCUT2D eigenvalue weighted by Gasteiger charge is 2.10. The molecule has 0 amide bonds. The lowest BCUT2D eigenvalue weighted by atomic mass is 10.4. The molecule has 0 unspecified atom stereocenters. The summed E-state index contributed by atoms with van der Waals surface area (Å²) in [5.74, 6) is 1.34. The molecule has 0 saturated carbocycles. The van der Waals surface area contributed by atoms with E-state index in [2.05, 4.69) is 44.6 Å². The molecule has 0 saturated heterocycles. The standard InChI is InChI=1S/C8H13BrN4/c1-3-13(4-2)8-6(9)7(10)11-5-12-8/h5H,3-4H2,1-2H3,(H2,10,11,12). The number of nitrogens with zero attached hydrogens (tertiary/aromatic N) is 3. The average molecular weight is 245 g/mol. The minimum Gasteiger partial charge on any atom is -0.383 e. The van der Waals surface area contributed by atoms with Gasteiger partial charge in [0.1, 0.15) is 22.4 Å². The van der Waals surface area contributed by atoms with Crippen molar-refractivity contribution in [2.75, 3.05) is 23.7 Å². The van der Waals surface area contributed by atoms with Crippen LogP contribution in [0.1, 0.15) is 13.8 Å². The van der Waals surface area contributed by atoms with Gasteiger partial charge in [0.05, 0.1) is 0 Å². The summed E-state index contributed by atoms with van der Waals surface area (Å²) < 4.78 is 0.777. The van der Waals surface area contributed by atoms with E-state index in [1.54, 1.807) is 0 Å². The van der Waals surface area contributed by atoms with Crippen molar-refractivity contribution in [3.8, 4) is 0 Å². The number of anilines is 2. The fraction of sp³-hybridized carbons (Fsp3) is 0.500. The van der Waals surface area contributed by atoms with Gasteiger partial charge in [0.15, 0.2) is 0 Å². The summed E-state index contributed by atoms with van der Waals surface area (Å²) in [4.78, 5) is 10.2. The van der Waals surface area contributed by atoms with Gasteiger partial charge in [-0.15, -0.1) is 0 Å². The molecule has 5 heteroatoms. The zero-order valence-corrected chi connectivity index (χ0v) is 9.37. The minimum absolute atomic E-state index is 0.483. The van der Waals surface area contributed by atoms with Crippen molar-refractivity contribution >= 4 is 27.6 Å². The van der Waals surface area contributed by atoms with Gasteiger partial charge in [0, 0.05) is 13.1 Å². The van der Waals surface area contributed by atoms with E-state index in [1.165, 1.54) is 6.33 Å². The molecule has 4 nitrogen and oxygen atoms in total. The number of rotatable bonds is 3. The molecule has 0 spiro atoms. The predicted octanol–water partition coefficient (Wildman–Crippen LogP) is 1.67. The fourth-order valence-electron chi connectivity index (χ4n) is 1.12. The lowest BCUT2D eigenvalue weighted by Gasteiger charge is -2.20. The highest BCUT2D eigenvalue weighted by molar-refractivity contribution is 9.10. The van der Waals surface area contributed by atoms with Crippen molar-refractivity contribution in [2.45, 2.75) is 13.8 Å². The van der Waals surface area contributed by atoms with Crippen LogP contribution in [-0.2, 0) is 0 Å². The molecule has 0 bridgehead atoms. The van der Waals surface area contributed by atoms with Crippen LogP contribution in [0.4, 0.5) is 11.6 Å². The number of nitrogens with two attached hydrogens (primary N) is 1. The van der Waals surface area contributed by atoms with Gasteiger partial charge in [-0.1, -0.05) is 0 Å². The largest absolute Gasteiger partial charge is 0.383 e. The molecule has 0 aliphatic rings. The van der Waals surface area contributed by atoms with Crippen molar-refractivity contribution in [3.05, 3.63) is 10.8 Å². The van der Waals surface area contributed by atoms with Crippen molar-refractivity contribution < 1.29 is 0 Å². The van der Waals surface area contributed by atoms with Gasteiger partial charge in [0.25, 0.3) is 0 Å². The summed E-state index contributed by atoms with van der Waals surface area (Å²) in [5.41, 5.74) is 5.64. The van der Waals surface area contributed by atoms with Gasteiger partial charge in [-0.25, -0.2) is 9.97 Å². The molecule has 1 aromatic heterocycles. The minimum atomic E-state index is 0.483. The van der Waals surface area contributed by atoms with Crippen molar-refractivity contribution in [1.82, 2.24) is 9.97 Å².